The van der Waals surface area contributed by atoms with E-state index in [0.29, 0.717) is 11.7 Å². The van der Waals surface area contributed by atoms with E-state index in [2.05, 4.69) is 55.7 Å². The molecular formula is C27H27N5OS. The Labute approximate surface area is 205 Å². The quantitative estimate of drug-likeness (QED) is 0.379. The highest BCUT2D eigenvalue weighted by molar-refractivity contribution is 7.80. The average Bonchev–Trinajstić information content (AvgIpc) is 3.38. The van der Waals surface area contributed by atoms with Gasteiger partial charge in [-0.3, -0.25) is 0 Å². The zero-order valence-corrected chi connectivity index (χ0v) is 19.7. The molecule has 1 aliphatic rings. The van der Waals surface area contributed by atoms with Gasteiger partial charge in [-0.15, -0.1) is 0 Å². The van der Waals surface area contributed by atoms with E-state index >= 15 is 0 Å². The fraction of sp³-hybridized carbons (Fsp3) is 0.185. The molecule has 172 valence electrons. The number of benzene rings is 2. The van der Waals surface area contributed by atoms with Crippen molar-refractivity contribution < 1.29 is 4.42 Å². The zero-order valence-electron chi connectivity index (χ0n) is 18.9. The van der Waals surface area contributed by atoms with Crippen molar-refractivity contribution >= 4 is 34.5 Å². The van der Waals surface area contributed by atoms with Crippen molar-refractivity contribution in [2.45, 2.75) is 6.54 Å². The summed E-state index contributed by atoms with van der Waals surface area (Å²) in [5.74, 6) is 2.66. The van der Waals surface area contributed by atoms with Crippen LogP contribution in [0.4, 0.5) is 17.2 Å². The normalized spacial score (nSPS) is 13.5. The lowest BCUT2D eigenvalue weighted by Crippen LogP contribution is -2.46. The number of para-hydroxylation sites is 1. The van der Waals surface area contributed by atoms with Crippen LogP contribution in [0.2, 0.25) is 0 Å². The van der Waals surface area contributed by atoms with E-state index in [1.807, 2.05) is 60.8 Å². The van der Waals surface area contributed by atoms with Gasteiger partial charge in [0.1, 0.15) is 17.3 Å². The molecule has 7 heteroatoms. The van der Waals surface area contributed by atoms with Gasteiger partial charge in [-0.05, 0) is 48.6 Å². The second-order valence-electron chi connectivity index (χ2n) is 8.15. The van der Waals surface area contributed by atoms with E-state index in [1.165, 1.54) is 5.69 Å². The van der Waals surface area contributed by atoms with Crippen LogP contribution in [-0.4, -0.2) is 36.3 Å². The van der Waals surface area contributed by atoms with E-state index in [4.69, 9.17) is 16.6 Å². The summed E-state index contributed by atoms with van der Waals surface area (Å²) < 4.78 is 5.92. The molecule has 34 heavy (non-hydrogen) atoms. The van der Waals surface area contributed by atoms with Gasteiger partial charge in [0.25, 0.3) is 0 Å². The molecule has 2 aromatic carbocycles. The van der Waals surface area contributed by atoms with Crippen LogP contribution in [0.1, 0.15) is 5.76 Å². The lowest BCUT2D eigenvalue weighted by atomic mass is 10.2. The molecule has 0 aliphatic carbocycles. The predicted octanol–water partition coefficient (Wildman–Crippen LogP) is 5.15. The molecule has 0 unspecified atom stereocenters. The Kier molecular flexibility index (Phi) is 6.72. The van der Waals surface area contributed by atoms with E-state index in [9.17, 15) is 0 Å². The Bertz CT molecular complexity index is 1200. The van der Waals surface area contributed by atoms with Crippen LogP contribution >= 0.6 is 12.2 Å². The predicted molar refractivity (Wildman–Crippen MR) is 142 cm³/mol. The molecule has 1 fully saturated rings. The van der Waals surface area contributed by atoms with Crippen molar-refractivity contribution in [3.8, 4) is 11.3 Å². The minimum absolute atomic E-state index is 0.510. The van der Waals surface area contributed by atoms with Gasteiger partial charge in [-0.1, -0.05) is 48.5 Å². The summed E-state index contributed by atoms with van der Waals surface area (Å²) in [6.07, 6.45) is 1.83. The fourth-order valence-electron chi connectivity index (χ4n) is 4.05. The summed E-state index contributed by atoms with van der Waals surface area (Å²) >= 11 is 5.45. The number of pyridine rings is 1. The summed E-state index contributed by atoms with van der Waals surface area (Å²) in [6, 6.07) is 28.6. The van der Waals surface area contributed by atoms with Gasteiger partial charge in [-0.2, -0.15) is 0 Å². The van der Waals surface area contributed by atoms with Gasteiger partial charge in [0.15, 0.2) is 5.11 Å². The molecule has 2 aromatic heterocycles. The first-order chi connectivity index (χ1) is 16.7. The first-order valence-corrected chi connectivity index (χ1v) is 11.9. The molecule has 4 aromatic rings. The van der Waals surface area contributed by atoms with Gasteiger partial charge in [0.05, 0.1) is 18.4 Å². The number of hydrogen-bond acceptors (Lipinski definition) is 5. The number of furan rings is 1. The Hall–Kier alpha value is -3.84. The Morgan fingerprint density at radius 2 is 1.53 bits per heavy atom. The SMILES string of the molecule is S=C(NCc1ccc(-c2ccccc2)o1)Nc1ccc(N2CCN(c3ccccc3)CC2)nc1. The number of anilines is 3. The summed E-state index contributed by atoms with van der Waals surface area (Å²) in [6.45, 7) is 4.37. The van der Waals surface area contributed by atoms with Gasteiger partial charge in [0, 0.05) is 37.4 Å². The molecule has 2 N–H and O–H groups in total. The Morgan fingerprint density at radius 1 is 0.824 bits per heavy atom. The number of thiocarbonyl (C=S) groups is 1. The molecule has 0 saturated carbocycles. The lowest BCUT2D eigenvalue weighted by Gasteiger charge is -2.36. The second kappa shape index (κ2) is 10.4. The van der Waals surface area contributed by atoms with Crippen LogP contribution in [0.15, 0.2) is 95.5 Å². The zero-order chi connectivity index (χ0) is 23.2. The summed E-state index contributed by atoms with van der Waals surface area (Å²) in [5, 5.41) is 6.92. The van der Waals surface area contributed by atoms with E-state index in [1.54, 1.807) is 0 Å². The molecule has 6 nitrogen and oxygen atoms in total. The number of hydrogen-bond donors (Lipinski definition) is 2. The highest BCUT2D eigenvalue weighted by atomic mass is 32.1. The maximum Gasteiger partial charge on any atom is 0.171 e. The smallest absolute Gasteiger partial charge is 0.171 e. The maximum atomic E-state index is 5.92. The third kappa shape index (κ3) is 5.38. The van der Waals surface area contributed by atoms with Gasteiger partial charge in [-0.25, -0.2) is 4.98 Å². The molecule has 3 heterocycles. The molecule has 0 spiro atoms. The summed E-state index contributed by atoms with van der Waals surface area (Å²) in [4.78, 5) is 9.38. The minimum Gasteiger partial charge on any atom is -0.459 e. The maximum absolute atomic E-state index is 5.92. The summed E-state index contributed by atoms with van der Waals surface area (Å²) in [7, 11) is 0. The van der Waals surface area contributed by atoms with Crippen LogP contribution in [0, 0.1) is 0 Å². The van der Waals surface area contributed by atoms with Crippen molar-refractivity contribution in [3.63, 3.8) is 0 Å². The van der Waals surface area contributed by atoms with Gasteiger partial charge in [0.2, 0.25) is 0 Å². The number of nitrogens with zero attached hydrogens (tertiary/aromatic N) is 3. The minimum atomic E-state index is 0.510. The van der Waals surface area contributed by atoms with Crippen molar-refractivity contribution in [1.29, 1.82) is 0 Å². The van der Waals surface area contributed by atoms with Crippen LogP contribution in [0.3, 0.4) is 0 Å². The molecule has 0 amide bonds. The Morgan fingerprint density at radius 3 is 2.24 bits per heavy atom. The van der Waals surface area contributed by atoms with Gasteiger partial charge >= 0.3 is 0 Å². The summed E-state index contributed by atoms with van der Waals surface area (Å²) in [5.41, 5.74) is 3.19. The second-order valence-corrected chi connectivity index (χ2v) is 8.56. The molecule has 5 rings (SSSR count). The molecule has 0 radical (unpaired) electrons. The van der Waals surface area contributed by atoms with E-state index < -0.39 is 0 Å². The monoisotopic (exact) mass is 469 g/mol. The number of aromatic nitrogens is 1. The van der Waals surface area contributed by atoms with Crippen LogP contribution in [0.5, 0.6) is 0 Å². The largest absolute Gasteiger partial charge is 0.459 e. The van der Waals surface area contributed by atoms with E-state index in [0.717, 1.165) is 54.8 Å². The third-order valence-corrected chi connectivity index (χ3v) is 6.12. The standard InChI is InChI=1S/C27H27N5OS/c34-27(29-20-24-12-13-25(33-24)21-7-3-1-4-8-21)30-22-11-14-26(28-19-22)32-17-15-31(16-18-32)23-9-5-2-6-10-23/h1-14,19H,15-18,20H2,(H2,29,30,34). The molecule has 1 saturated heterocycles. The lowest BCUT2D eigenvalue weighted by molar-refractivity contribution is 0.516. The highest BCUT2D eigenvalue weighted by Gasteiger charge is 2.18. The third-order valence-electron chi connectivity index (χ3n) is 5.87. The first-order valence-electron chi connectivity index (χ1n) is 11.4. The molecule has 1 aliphatic heterocycles. The number of rotatable bonds is 6. The topological polar surface area (TPSA) is 56.6 Å². The van der Waals surface area contributed by atoms with Crippen molar-refractivity contribution in [2.75, 3.05) is 41.3 Å². The molecular weight excluding hydrogens is 442 g/mol. The van der Waals surface area contributed by atoms with Gasteiger partial charge < -0.3 is 24.9 Å². The van der Waals surface area contributed by atoms with Crippen LogP contribution in [0.25, 0.3) is 11.3 Å². The number of nitrogens with one attached hydrogen (secondary N) is 2. The average molecular weight is 470 g/mol. The van der Waals surface area contributed by atoms with Crippen LogP contribution < -0.4 is 20.4 Å². The molecule has 0 atom stereocenters. The van der Waals surface area contributed by atoms with E-state index in [-0.39, 0.29) is 0 Å². The first kappa shape index (κ1) is 22.0. The van der Waals surface area contributed by atoms with Crippen molar-refractivity contribution in [3.05, 3.63) is 96.9 Å². The van der Waals surface area contributed by atoms with Crippen molar-refractivity contribution in [1.82, 2.24) is 10.3 Å². The fourth-order valence-corrected chi connectivity index (χ4v) is 4.24. The van der Waals surface area contributed by atoms with Crippen LogP contribution in [-0.2, 0) is 6.54 Å². The van der Waals surface area contributed by atoms with Crippen molar-refractivity contribution in [2.24, 2.45) is 0 Å². The highest BCUT2D eigenvalue weighted by Crippen LogP contribution is 2.22. The molecule has 0 bridgehead atoms. The Balaban J connectivity index is 1.09. The number of piperazine rings is 1.